The normalized spacial score (nSPS) is 23.7. The van der Waals surface area contributed by atoms with Gasteiger partial charge in [0.1, 0.15) is 0 Å². The van der Waals surface area contributed by atoms with Crippen molar-refractivity contribution in [3.8, 4) is 0 Å². The van der Waals surface area contributed by atoms with Crippen LogP contribution in [-0.4, -0.2) is 61.2 Å². The minimum atomic E-state index is 0.475. The molecule has 1 heterocycles. The van der Waals surface area contributed by atoms with E-state index < -0.39 is 0 Å². The van der Waals surface area contributed by atoms with Crippen molar-refractivity contribution in [2.24, 2.45) is 0 Å². The summed E-state index contributed by atoms with van der Waals surface area (Å²) in [5, 5.41) is 3.82. The number of hydrogen-bond donors (Lipinski definition) is 1. The molecule has 1 saturated carbocycles. The summed E-state index contributed by atoms with van der Waals surface area (Å²) in [5.74, 6) is 0. The zero-order chi connectivity index (χ0) is 15.7. The Bertz CT molecular complexity index is 278. The molecule has 0 bridgehead atoms. The van der Waals surface area contributed by atoms with E-state index in [1.807, 2.05) is 0 Å². The van der Waals surface area contributed by atoms with Crippen LogP contribution in [0.15, 0.2) is 0 Å². The molecule has 3 nitrogen and oxygen atoms in total. The van der Waals surface area contributed by atoms with Gasteiger partial charge in [-0.1, -0.05) is 52.4 Å². The Morgan fingerprint density at radius 1 is 0.864 bits per heavy atom. The molecule has 2 rings (SSSR count). The highest BCUT2D eigenvalue weighted by atomic mass is 15.3. The average molecular weight is 310 g/mol. The van der Waals surface area contributed by atoms with Crippen LogP contribution < -0.4 is 5.32 Å². The van der Waals surface area contributed by atoms with Gasteiger partial charge in [0, 0.05) is 38.3 Å². The molecule has 0 atom stereocenters. The lowest BCUT2D eigenvalue weighted by atomic mass is 9.79. The van der Waals surface area contributed by atoms with Gasteiger partial charge < -0.3 is 10.2 Å². The van der Waals surface area contributed by atoms with Crippen LogP contribution in [0.1, 0.15) is 71.6 Å². The van der Waals surface area contributed by atoms with Crippen LogP contribution in [0, 0.1) is 0 Å². The molecule has 22 heavy (non-hydrogen) atoms. The third-order valence-corrected chi connectivity index (χ3v) is 5.94. The maximum atomic E-state index is 3.82. The molecule has 1 aliphatic carbocycles. The molecule has 0 aromatic heterocycles. The first-order valence-electron chi connectivity index (χ1n) is 9.99. The number of rotatable bonds is 9. The zero-order valence-corrected chi connectivity index (χ0v) is 15.2. The van der Waals surface area contributed by atoms with Crippen LogP contribution in [0.4, 0.5) is 0 Å². The van der Waals surface area contributed by atoms with Gasteiger partial charge in [-0.05, 0) is 32.4 Å². The van der Waals surface area contributed by atoms with Crippen LogP contribution in [0.5, 0.6) is 0 Å². The third kappa shape index (κ3) is 5.21. The largest absolute Gasteiger partial charge is 0.315 e. The topological polar surface area (TPSA) is 18.5 Å². The Kier molecular flexibility index (Phi) is 8.19. The van der Waals surface area contributed by atoms with Crippen LogP contribution in [0.2, 0.25) is 0 Å². The molecule has 2 aliphatic rings. The lowest BCUT2D eigenvalue weighted by Crippen LogP contribution is -2.61. The molecule has 1 aliphatic heterocycles. The SMILES string of the molecule is CCCCCCNCC1(N2CCN(CC)CC2)CCCCC1. The first-order chi connectivity index (χ1) is 10.8. The molecule has 3 heteroatoms. The number of likely N-dealkylation sites (N-methyl/N-ethyl adjacent to an activating group) is 1. The second kappa shape index (κ2) is 9.89. The van der Waals surface area contributed by atoms with E-state index in [4.69, 9.17) is 0 Å². The monoisotopic (exact) mass is 309 g/mol. The molecule has 2 fully saturated rings. The highest BCUT2D eigenvalue weighted by Gasteiger charge is 2.38. The van der Waals surface area contributed by atoms with Crippen molar-refractivity contribution in [1.82, 2.24) is 15.1 Å². The van der Waals surface area contributed by atoms with E-state index in [1.54, 1.807) is 0 Å². The van der Waals surface area contributed by atoms with E-state index >= 15 is 0 Å². The van der Waals surface area contributed by atoms with Gasteiger partial charge >= 0.3 is 0 Å². The lowest BCUT2D eigenvalue weighted by Gasteiger charge is -2.50. The van der Waals surface area contributed by atoms with Gasteiger partial charge in [0.15, 0.2) is 0 Å². The van der Waals surface area contributed by atoms with E-state index in [0.717, 1.165) is 0 Å². The molecular formula is C19H39N3. The summed E-state index contributed by atoms with van der Waals surface area (Å²) in [6.07, 6.45) is 12.6. The molecule has 130 valence electrons. The summed E-state index contributed by atoms with van der Waals surface area (Å²) in [6, 6.07) is 0. The molecule has 1 saturated heterocycles. The number of nitrogens with zero attached hydrogens (tertiary/aromatic N) is 2. The second-order valence-electron chi connectivity index (χ2n) is 7.44. The summed E-state index contributed by atoms with van der Waals surface area (Å²) in [4.78, 5) is 5.45. The predicted molar refractivity (Wildman–Crippen MR) is 96.5 cm³/mol. The van der Waals surface area contributed by atoms with E-state index in [2.05, 4.69) is 29.0 Å². The molecule has 0 amide bonds. The molecule has 0 spiro atoms. The number of hydrogen-bond acceptors (Lipinski definition) is 3. The first-order valence-corrected chi connectivity index (χ1v) is 9.99. The fourth-order valence-corrected chi connectivity index (χ4v) is 4.35. The molecule has 0 unspecified atom stereocenters. The third-order valence-electron chi connectivity index (χ3n) is 5.94. The maximum absolute atomic E-state index is 3.82. The average Bonchev–Trinajstić information content (AvgIpc) is 2.59. The van der Waals surface area contributed by atoms with E-state index in [1.165, 1.54) is 104 Å². The summed E-state index contributed by atoms with van der Waals surface area (Å²) < 4.78 is 0. The molecule has 0 aromatic carbocycles. The van der Waals surface area contributed by atoms with Crippen molar-refractivity contribution in [3.63, 3.8) is 0 Å². The summed E-state index contributed by atoms with van der Waals surface area (Å²) >= 11 is 0. The quantitative estimate of drug-likeness (QED) is 0.658. The summed E-state index contributed by atoms with van der Waals surface area (Å²) in [5.41, 5.74) is 0.475. The first kappa shape index (κ1) is 18.2. The fraction of sp³-hybridized carbons (Fsp3) is 1.00. The number of unbranched alkanes of at least 4 members (excludes halogenated alkanes) is 3. The van der Waals surface area contributed by atoms with Crippen LogP contribution in [-0.2, 0) is 0 Å². The van der Waals surface area contributed by atoms with Crippen LogP contribution >= 0.6 is 0 Å². The number of nitrogens with one attached hydrogen (secondary N) is 1. The van der Waals surface area contributed by atoms with E-state index in [9.17, 15) is 0 Å². The van der Waals surface area contributed by atoms with Crippen molar-refractivity contribution in [2.75, 3.05) is 45.8 Å². The Hall–Kier alpha value is -0.120. The van der Waals surface area contributed by atoms with Gasteiger partial charge in [-0.25, -0.2) is 0 Å². The summed E-state index contributed by atoms with van der Waals surface area (Å²) in [6.45, 7) is 13.4. The Labute approximate surface area is 138 Å². The van der Waals surface area contributed by atoms with Crippen molar-refractivity contribution >= 4 is 0 Å². The second-order valence-corrected chi connectivity index (χ2v) is 7.44. The predicted octanol–water partition coefficient (Wildman–Crippen LogP) is 3.50. The van der Waals surface area contributed by atoms with E-state index in [-0.39, 0.29) is 0 Å². The van der Waals surface area contributed by atoms with Crippen LogP contribution in [0.3, 0.4) is 0 Å². The Morgan fingerprint density at radius 3 is 2.23 bits per heavy atom. The minimum absolute atomic E-state index is 0.475. The Morgan fingerprint density at radius 2 is 1.59 bits per heavy atom. The Balaban J connectivity index is 1.79. The van der Waals surface area contributed by atoms with E-state index in [0.29, 0.717) is 5.54 Å². The van der Waals surface area contributed by atoms with Gasteiger partial charge in [-0.15, -0.1) is 0 Å². The van der Waals surface area contributed by atoms with Crippen LogP contribution in [0.25, 0.3) is 0 Å². The van der Waals surface area contributed by atoms with Gasteiger partial charge in [0.2, 0.25) is 0 Å². The maximum Gasteiger partial charge on any atom is 0.0335 e. The van der Waals surface area contributed by atoms with Gasteiger partial charge in [0.25, 0.3) is 0 Å². The zero-order valence-electron chi connectivity index (χ0n) is 15.2. The van der Waals surface area contributed by atoms with Crippen molar-refractivity contribution in [3.05, 3.63) is 0 Å². The number of piperazine rings is 1. The highest BCUT2D eigenvalue weighted by molar-refractivity contribution is 4.96. The standard InChI is InChI=1S/C19H39N3/c1-3-5-6-10-13-20-18-19(11-8-7-9-12-19)22-16-14-21(4-2)15-17-22/h20H,3-18H2,1-2H3. The molecule has 1 N–H and O–H groups in total. The van der Waals surface area contributed by atoms with Gasteiger partial charge in [0.05, 0.1) is 0 Å². The molecular weight excluding hydrogens is 270 g/mol. The van der Waals surface area contributed by atoms with Crippen molar-refractivity contribution < 1.29 is 0 Å². The van der Waals surface area contributed by atoms with Gasteiger partial charge in [-0.2, -0.15) is 0 Å². The molecule has 0 aromatic rings. The fourth-order valence-electron chi connectivity index (χ4n) is 4.35. The summed E-state index contributed by atoms with van der Waals surface area (Å²) in [7, 11) is 0. The lowest BCUT2D eigenvalue weighted by molar-refractivity contribution is 0.00909. The van der Waals surface area contributed by atoms with Crippen molar-refractivity contribution in [2.45, 2.75) is 77.2 Å². The highest BCUT2D eigenvalue weighted by Crippen LogP contribution is 2.34. The smallest absolute Gasteiger partial charge is 0.0335 e. The van der Waals surface area contributed by atoms with Gasteiger partial charge in [-0.3, -0.25) is 4.90 Å². The van der Waals surface area contributed by atoms with Crippen molar-refractivity contribution in [1.29, 1.82) is 0 Å². The minimum Gasteiger partial charge on any atom is -0.315 e. The molecule has 0 radical (unpaired) electrons.